The van der Waals surface area contributed by atoms with E-state index in [1.165, 1.54) is 10.8 Å². The molecule has 0 amide bonds. The zero-order chi connectivity index (χ0) is 11.8. The Bertz CT molecular complexity index is 597. The molecule has 0 unspecified atom stereocenters. The van der Waals surface area contributed by atoms with Crippen molar-refractivity contribution in [3.63, 3.8) is 0 Å². The van der Waals surface area contributed by atoms with Crippen LogP contribution in [0.3, 0.4) is 0 Å². The van der Waals surface area contributed by atoms with Crippen molar-refractivity contribution < 1.29 is 12.9 Å². The van der Waals surface area contributed by atoms with Crippen molar-refractivity contribution in [2.24, 2.45) is 0 Å². The Hall–Kier alpha value is -1.63. The Morgan fingerprint density at radius 1 is 1.50 bits per heavy atom. The molecule has 2 heterocycles. The van der Waals surface area contributed by atoms with Crippen molar-refractivity contribution in [1.82, 2.24) is 14.7 Å². The molecule has 0 aliphatic carbocycles. The molecule has 2 aromatic heterocycles. The van der Waals surface area contributed by atoms with E-state index in [2.05, 4.69) is 10.1 Å². The first-order chi connectivity index (χ1) is 7.47. The standard InChI is InChI=1S/C9H11N3O3S/c1-7-5-8(15-11-7)6-12-4-3-10-9(12)16(2,13)14/h3-5H,6H2,1-2H3. The molecule has 0 bridgehead atoms. The van der Waals surface area contributed by atoms with Crippen LogP contribution in [0, 0.1) is 6.92 Å². The number of aryl methyl sites for hydroxylation is 1. The highest BCUT2D eigenvalue weighted by Gasteiger charge is 2.15. The van der Waals surface area contributed by atoms with Crippen LogP contribution in [0.4, 0.5) is 0 Å². The summed E-state index contributed by atoms with van der Waals surface area (Å²) in [4.78, 5) is 3.80. The van der Waals surface area contributed by atoms with Crippen LogP contribution in [-0.2, 0) is 16.4 Å². The zero-order valence-corrected chi connectivity index (χ0v) is 9.73. The quantitative estimate of drug-likeness (QED) is 0.787. The van der Waals surface area contributed by atoms with Crippen LogP contribution < -0.4 is 0 Å². The molecule has 0 aromatic carbocycles. The summed E-state index contributed by atoms with van der Waals surface area (Å²) >= 11 is 0. The first-order valence-corrected chi connectivity index (χ1v) is 6.49. The van der Waals surface area contributed by atoms with Crippen molar-refractivity contribution in [3.8, 4) is 0 Å². The van der Waals surface area contributed by atoms with Crippen LogP contribution in [0.5, 0.6) is 0 Å². The number of aromatic nitrogens is 3. The molecule has 0 saturated heterocycles. The summed E-state index contributed by atoms with van der Waals surface area (Å²) in [7, 11) is -3.31. The van der Waals surface area contributed by atoms with E-state index >= 15 is 0 Å². The zero-order valence-electron chi connectivity index (χ0n) is 8.91. The minimum Gasteiger partial charge on any atom is -0.359 e. The summed E-state index contributed by atoms with van der Waals surface area (Å²) in [6.45, 7) is 2.11. The highest BCUT2D eigenvalue weighted by molar-refractivity contribution is 7.90. The van der Waals surface area contributed by atoms with Crippen LogP contribution in [0.25, 0.3) is 0 Å². The Labute approximate surface area is 92.8 Å². The normalized spacial score (nSPS) is 11.9. The molecule has 0 aliphatic heterocycles. The maximum Gasteiger partial charge on any atom is 0.227 e. The minimum atomic E-state index is -3.31. The number of hydrogen-bond acceptors (Lipinski definition) is 5. The molecule has 0 N–H and O–H groups in total. The molecule has 7 heteroatoms. The fourth-order valence-corrected chi connectivity index (χ4v) is 2.21. The maximum absolute atomic E-state index is 11.4. The van der Waals surface area contributed by atoms with Crippen LogP contribution in [0.2, 0.25) is 0 Å². The Balaban J connectivity index is 2.33. The Morgan fingerprint density at radius 3 is 2.81 bits per heavy atom. The molecule has 2 rings (SSSR count). The summed E-state index contributed by atoms with van der Waals surface area (Å²) in [5.74, 6) is 0.598. The highest BCUT2D eigenvalue weighted by atomic mass is 32.2. The summed E-state index contributed by atoms with van der Waals surface area (Å²) in [6, 6.07) is 1.76. The smallest absolute Gasteiger partial charge is 0.227 e. The lowest BCUT2D eigenvalue weighted by Crippen LogP contribution is -2.09. The van der Waals surface area contributed by atoms with Crippen molar-refractivity contribution in [2.75, 3.05) is 6.26 Å². The van der Waals surface area contributed by atoms with Gasteiger partial charge in [0.05, 0.1) is 12.2 Å². The largest absolute Gasteiger partial charge is 0.359 e. The van der Waals surface area contributed by atoms with Crippen molar-refractivity contribution in [3.05, 3.63) is 29.9 Å². The summed E-state index contributed by atoms with van der Waals surface area (Å²) < 4.78 is 29.3. The van der Waals surface area contributed by atoms with Gasteiger partial charge in [0, 0.05) is 24.7 Å². The third-order valence-electron chi connectivity index (χ3n) is 2.01. The van der Waals surface area contributed by atoms with Crippen LogP contribution in [0.1, 0.15) is 11.5 Å². The Morgan fingerprint density at radius 2 is 2.25 bits per heavy atom. The molecule has 0 radical (unpaired) electrons. The summed E-state index contributed by atoms with van der Waals surface area (Å²) in [6.07, 6.45) is 4.16. The molecule has 2 aromatic rings. The van der Waals surface area contributed by atoms with Gasteiger partial charge >= 0.3 is 0 Å². The second-order valence-electron chi connectivity index (χ2n) is 3.54. The van der Waals surface area contributed by atoms with Crippen molar-refractivity contribution in [2.45, 2.75) is 18.6 Å². The molecule has 0 atom stereocenters. The van der Waals surface area contributed by atoms with Gasteiger partial charge in [0.15, 0.2) is 5.76 Å². The van der Waals surface area contributed by atoms with E-state index in [4.69, 9.17) is 4.52 Å². The minimum absolute atomic E-state index is 0.0292. The molecule has 86 valence electrons. The lowest BCUT2D eigenvalue weighted by molar-refractivity contribution is 0.369. The topological polar surface area (TPSA) is 78.0 Å². The monoisotopic (exact) mass is 241 g/mol. The van der Waals surface area contributed by atoms with Gasteiger partial charge in [0.2, 0.25) is 15.0 Å². The van der Waals surface area contributed by atoms with Crippen LogP contribution in [-0.4, -0.2) is 29.4 Å². The SMILES string of the molecule is Cc1cc(Cn2ccnc2S(C)(=O)=O)on1. The van der Waals surface area contributed by atoms with Gasteiger partial charge in [-0.15, -0.1) is 0 Å². The van der Waals surface area contributed by atoms with E-state index in [0.717, 1.165) is 11.9 Å². The summed E-state index contributed by atoms with van der Waals surface area (Å²) in [5, 5.41) is 3.76. The number of hydrogen-bond donors (Lipinski definition) is 0. The molecule has 0 spiro atoms. The average molecular weight is 241 g/mol. The maximum atomic E-state index is 11.4. The predicted octanol–water partition coefficient (Wildman–Crippen LogP) is 0.631. The fourth-order valence-electron chi connectivity index (χ4n) is 1.40. The van der Waals surface area contributed by atoms with Gasteiger partial charge in [0.25, 0.3) is 0 Å². The fraction of sp³-hybridized carbons (Fsp3) is 0.333. The molecule has 6 nitrogen and oxygen atoms in total. The molecule has 0 saturated carbocycles. The van der Waals surface area contributed by atoms with Crippen molar-refractivity contribution >= 4 is 9.84 Å². The van der Waals surface area contributed by atoms with E-state index in [1.54, 1.807) is 19.2 Å². The van der Waals surface area contributed by atoms with Crippen molar-refractivity contribution in [1.29, 1.82) is 0 Å². The second kappa shape index (κ2) is 3.75. The second-order valence-corrected chi connectivity index (χ2v) is 5.45. The molecule has 0 aliphatic rings. The van der Waals surface area contributed by atoms with E-state index in [9.17, 15) is 8.42 Å². The van der Waals surface area contributed by atoms with Crippen LogP contribution in [0.15, 0.2) is 28.1 Å². The van der Waals surface area contributed by atoms with Crippen LogP contribution >= 0.6 is 0 Å². The number of rotatable bonds is 3. The predicted molar refractivity (Wildman–Crippen MR) is 55.7 cm³/mol. The molecular formula is C9H11N3O3S. The van der Waals surface area contributed by atoms with E-state index in [0.29, 0.717) is 12.3 Å². The molecule has 0 fully saturated rings. The first kappa shape index (κ1) is 10.9. The third kappa shape index (κ3) is 2.13. The van der Waals surface area contributed by atoms with Gasteiger partial charge in [-0.25, -0.2) is 13.4 Å². The van der Waals surface area contributed by atoms with Gasteiger partial charge in [-0.2, -0.15) is 0 Å². The van der Waals surface area contributed by atoms with E-state index in [-0.39, 0.29) is 5.16 Å². The lowest BCUT2D eigenvalue weighted by atomic mass is 10.4. The van der Waals surface area contributed by atoms with Gasteiger partial charge < -0.3 is 9.09 Å². The number of nitrogens with zero attached hydrogens (tertiary/aromatic N) is 3. The molecule has 16 heavy (non-hydrogen) atoms. The number of imidazole rings is 1. The lowest BCUT2D eigenvalue weighted by Gasteiger charge is -2.02. The van der Waals surface area contributed by atoms with E-state index in [1.807, 2.05) is 0 Å². The summed E-state index contributed by atoms with van der Waals surface area (Å²) in [5.41, 5.74) is 0.760. The van der Waals surface area contributed by atoms with Gasteiger partial charge in [-0.3, -0.25) is 0 Å². The highest BCUT2D eigenvalue weighted by Crippen LogP contribution is 2.10. The van der Waals surface area contributed by atoms with E-state index < -0.39 is 9.84 Å². The Kier molecular flexibility index (Phi) is 2.55. The number of sulfone groups is 1. The van der Waals surface area contributed by atoms with Gasteiger partial charge in [-0.05, 0) is 6.92 Å². The molecular weight excluding hydrogens is 230 g/mol. The van der Waals surface area contributed by atoms with Gasteiger partial charge in [-0.1, -0.05) is 5.16 Å². The third-order valence-corrected chi connectivity index (χ3v) is 3.02. The first-order valence-electron chi connectivity index (χ1n) is 4.60. The average Bonchev–Trinajstić information content (AvgIpc) is 2.74. The van der Waals surface area contributed by atoms with Gasteiger partial charge in [0.1, 0.15) is 0 Å².